The van der Waals surface area contributed by atoms with Gasteiger partial charge >= 0.3 is 12.1 Å². The van der Waals surface area contributed by atoms with Crippen molar-refractivity contribution < 1.29 is 31.5 Å². The smallest absolute Gasteiger partial charge is 0.433 e. The standard InChI is InChI=1S/C12H13F5N2O2/c1-2-21-10(20)4-6-7(11(13)14)3-9(12(15,16)17)19-8(6)5-18/h3,11H,2,4-5,18H2,1H3. The van der Waals surface area contributed by atoms with Crippen LogP contribution in [0.1, 0.15) is 35.9 Å². The second kappa shape index (κ2) is 6.79. The number of carbonyl (C=O) groups excluding carboxylic acids is 1. The van der Waals surface area contributed by atoms with Crippen molar-refractivity contribution in [2.24, 2.45) is 5.73 Å². The zero-order chi connectivity index (χ0) is 16.2. The van der Waals surface area contributed by atoms with E-state index in [1.807, 2.05) is 0 Å². The molecule has 0 fully saturated rings. The van der Waals surface area contributed by atoms with Gasteiger partial charge in [-0.15, -0.1) is 0 Å². The minimum Gasteiger partial charge on any atom is -0.466 e. The fourth-order valence-electron chi connectivity index (χ4n) is 1.72. The van der Waals surface area contributed by atoms with Crippen LogP contribution in [0.4, 0.5) is 22.0 Å². The maximum absolute atomic E-state index is 13.0. The number of carbonyl (C=O) groups is 1. The first-order chi connectivity index (χ1) is 9.70. The van der Waals surface area contributed by atoms with Gasteiger partial charge in [-0.2, -0.15) is 13.2 Å². The van der Waals surface area contributed by atoms with Crippen molar-refractivity contribution >= 4 is 5.97 Å². The number of halogens is 5. The Bertz CT molecular complexity index is 517. The second-order valence-electron chi connectivity index (χ2n) is 4.01. The van der Waals surface area contributed by atoms with Crippen LogP contribution >= 0.6 is 0 Å². The first-order valence-corrected chi connectivity index (χ1v) is 5.94. The molecule has 0 spiro atoms. The van der Waals surface area contributed by atoms with Crippen LogP contribution in [0.3, 0.4) is 0 Å². The van der Waals surface area contributed by atoms with Gasteiger partial charge in [-0.3, -0.25) is 4.79 Å². The lowest BCUT2D eigenvalue weighted by atomic mass is 10.0. The molecule has 0 amide bonds. The van der Waals surface area contributed by atoms with Gasteiger partial charge in [0.1, 0.15) is 5.69 Å². The quantitative estimate of drug-likeness (QED) is 0.670. The van der Waals surface area contributed by atoms with Crippen LogP contribution in [-0.2, 0) is 28.7 Å². The minimum absolute atomic E-state index is 0.0227. The van der Waals surface area contributed by atoms with E-state index in [9.17, 15) is 26.7 Å². The summed E-state index contributed by atoms with van der Waals surface area (Å²) in [6.45, 7) is 1.04. The Balaban J connectivity index is 3.36. The van der Waals surface area contributed by atoms with Gasteiger partial charge in [-0.05, 0) is 18.6 Å². The van der Waals surface area contributed by atoms with Gasteiger partial charge in [0.15, 0.2) is 0 Å². The summed E-state index contributed by atoms with van der Waals surface area (Å²) < 4.78 is 68.4. The summed E-state index contributed by atoms with van der Waals surface area (Å²) in [7, 11) is 0. The predicted octanol–water partition coefficient (Wildman–Crippen LogP) is 2.60. The van der Waals surface area contributed by atoms with Crippen LogP contribution in [0, 0.1) is 0 Å². The van der Waals surface area contributed by atoms with E-state index in [2.05, 4.69) is 9.72 Å². The minimum atomic E-state index is -4.88. The summed E-state index contributed by atoms with van der Waals surface area (Å²) in [5.41, 5.74) is 2.16. The van der Waals surface area contributed by atoms with Gasteiger partial charge in [-0.25, -0.2) is 13.8 Å². The third-order valence-electron chi connectivity index (χ3n) is 2.59. The highest BCUT2D eigenvalue weighted by Crippen LogP contribution is 2.33. The fourth-order valence-corrected chi connectivity index (χ4v) is 1.72. The molecule has 4 nitrogen and oxygen atoms in total. The highest BCUT2D eigenvalue weighted by molar-refractivity contribution is 5.73. The third kappa shape index (κ3) is 4.35. The number of hydrogen-bond acceptors (Lipinski definition) is 4. The van der Waals surface area contributed by atoms with Gasteiger partial charge in [-0.1, -0.05) is 0 Å². The fraction of sp³-hybridized carbons (Fsp3) is 0.500. The van der Waals surface area contributed by atoms with Crippen molar-refractivity contribution in [2.45, 2.75) is 32.5 Å². The third-order valence-corrected chi connectivity index (χ3v) is 2.59. The Morgan fingerprint density at radius 2 is 2.05 bits per heavy atom. The molecular formula is C12H13F5N2O2. The van der Waals surface area contributed by atoms with Crippen LogP contribution in [-0.4, -0.2) is 17.6 Å². The number of nitrogens with zero attached hydrogens (tertiary/aromatic N) is 1. The van der Waals surface area contributed by atoms with E-state index in [-0.39, 0.29) is 18.2 Å². The van der Waals surface area contributed by atoms with E-state index < -0.39 is 48.5 Å². The maximum Gasteiger partial charge on any atom is 0.433 e. The van der Waals surface area contributed by atoms with Crippen molar-refractivity contribution in [3.8, 4) is 0 Å². The monoisotopic (exact) mass is 312 g/mol. The van der Waals surface area contributed by atoms with Gasteiger partial charge < -0.3 is 10.5 Å². The van der Waals surface area contributed by atoms with E-state index in [1.54, 1.807) is 0 Å². The summed E-state index contributed by atoms with van der Waals surface area (Å²) in [6, 6.07) is 0.235. The number of ether oxygens (including phenoxy) is 1. The van der Waals surface area contributed by atoms with E-state index in [4.69, 9.17) is 5.73 Å². The van der Waals surface area contributed by atoms with Crippen LogP contribution < -0.4 is 5.73 Å². The molecule has 0 bridgehead atoms. The van der Waals surface area contributed by atoms with Crippen molar-refractivity contribution in [1.82, 2.24) is 4.98 Å². The number of hydrogen-bond donors (Lipinski definition) is 1. The zero-order valence-electron chi connectivity index (χ0n) is 11.0. The SMILES string of the molecule is CCOC(=O)Cc1c(C(F)F)cc(C(F)(F)F)nc1CN. The molecule has 1 aromatic heterocycles. The summed E-state index contributed by atoms with van der Waals surface area (Å²) >= 11 is 0. The highest BCUT2D eigenvalue weighted by Gasteiger charge is 2.35. The average Bonchev–Trinajstić information content (AvgIpc) is 2.37. The maximum atomic E-state index is 13.0. The molecule has 1 heterocycles. The normalized spacial score (nSPS) is 11.8. The molecule has 1 rings (SSSR count). The van der Waals surface area contributed by atoms with E-state index in [0.29, 0.717) is 0 Å². The molecule has 9 heteroatoms. The van der Waals surface area contributed by atoms with Crippen LogP contribution in [0.25, 0.3) is 0 Å². The van der Waals surface area contributed by atoms with Gasteiger partial charge in [0.05, 0.1) is 18.7 Å². The van der Waals surface area contributed by atoms with Gasteiger partial charge in [0, 0.05) is 12.1 Å². The molecule has 1 aromatic rings. The molecule has 0 aliphatic heterocycles. The average molecular weight is 312 g/mol. The second-order valence-corrected chi connectivity index (χ2v) is 4.01. The Labute approximate surface area is 117 Å². The van der Waals surface area contributed by atoms with Crippen molar-refractivity contribution in [1.29, 1.82) is 0 Å². The summed E-state index contributed by atoms with van der Waals surface area (Å²) in [5.74, 6) is -0.837. The highest BCUT2D eigenvalue weighted by atomic mass is 19.4. The van der Waals surface area contributed by atoms with Crippen LogP contribution in [0.2, 0.25) is 0 Å². The Kier molecular flexibility index (Phi) is 5.59. The van der Waals surface area contributed by atoms with Gasteiger partial charge in [0.25, 0.3) is 6.43 Å². The molecule has 0 aromatic carbocycles. The number of alkyl halides is 5. The predicted molar refractivity (Wildman–Crippen MR) is 62.4 cm³/mol. The molecule has 118 valence electrons. The summed E-state index contributed by atoms with van der Waals surface area (Å²) in [5, 5.41) is 0. The van der Waals surface area contributed by atoms with Gasteiger partial charge in [0.2, 0.25) is 0 Å². The Morgan fingerprint density at radius 1 is 1.43 bits per heavy atom. The largest absolute Gasteiger partial charge is 0.466 e. The van der Waals surface area contributed by atoms with Crippen LogP contribution in [0.5, 0.6) is 0 Å². The van der Waals surface area contributed by atoms with E-state index in [1.165, 1.54) is 6.92 Å². The number of esters is 1. The lowest BCUT2D eigenvalue weighted by Gasteiger charge is -2.16. The first-order valence-electron chi connectivity index (χ1n) is 5.94. The molecule has 0 unspecified atom stereocenters. The molecular weight excluding hydrogens is 299 g/mol. The molecule has 0 aliphatic carbocycles. The Hall–Kier alpha value is -1.77. The number of rotatable bonds is 5. The molecule has 0 saturated carbocycles. The molecule has 2 N–H and O–H groups in total. The van der Waals surface area contributed by atoms with E-state index >= 15 is 0 Å². The zero-order valence-corrected chi connectivity index (χ0v) is 11.0. The van der Waals surface area contributed by atoms with E-state index in [0.717, 1.165) is 0 Å². The molecule has 0 aliphatic rings. The number of pyridine rings is 1. The molecule has 21 heavy (non-hydrogen) atoms. The number of aromatic nitrogens is 1. The molecule has 0 atom stereocenters. The lowest BCUT2D eigenvalue weighted by molar-refractivity contribution is -0.142. The summed E-state index contributed by atoms with van der Waals surface area (Å²) in [6.07, 6.45) is -8.68. The first kappa shape index (κ1) is 17.3. The number of nitrogens with two attached hydrogens (primary N) is 1. The topological polar surface area (TPSA) is 65.2 Å². The summed E-state index contributed by atoms with van der Waals surface area (Å²) in [4.78, 5) is 14.6. The molecule has 0 saturated heterocycles. The Morgan fingerprint density at radius 3 is 2.48 bits per heavy atom. The van der Waals surface area contributed by atoms with Crippen LogP contribution in [0.15, 0.2) is 6.07 Å². The van der Waals surface area contributed by atoms with Crippen molar-refractivity contribution in [3.63, 3.8) is 0 Å². The van der Waals surface area contributed by atoms with Crippen molar-refractivity contribution in [3.05, 3.63) is 28.6 Å². The van der Waals surface area contributed by atoms with Crippen molar-refractivity contribution in [2.75, 3.05) is 6.61 Å². The lowest BCUT2D eigenvalue weighted by Crippen LogP contribution is -2.18. The molecule has 0 radical (unpaired) electrons.